The van der Waals surface area contributed by atoms with Gasteiger partial charge in [0.15, 0.2) is 0 Å². The van der Waals surface area contributed by atoms with E-state index in [1.807, 2.05) is 6.08 Å². The maximum atomic E-state index is 12.6. The second-order valence-corrected chi connectivity index (χ2v) is 6.18. The number of hydrogen-bond acceptors (Lipinski definition) is 2. The van der Waals surface area contributed by atoms with E-state index in [0.29, 0.717) is 18.4 Å². The van der Waals surface area contributed by atoms with Crippen molar-refractivity contribution in [1.29, 1.82) is 0 Å². The molecule has 108 valence electrons. The summed E-state index contributed by atoms with van der Waals surface area (Å²) in [5, 5.41) is 0. The Morgan fingerprint density at radius 1 is 0.857 bits per heavy atom. The molecule has 2 heterocycles. The Morgan fingerprint density at radius 2 is 1.52 bits per heavy atom. The van der Waals surface area contributed by atoms with Gasteiger partial charge in [0, 0.05) is 18.4 Å². The van der Waals surface area contributed by atoms with Gasteiger partial charge >= 0.3 is 0 Å². The summed E-state index contributed by atoms with van der Waals surface area (Å²) in [6, 6.07) is 0.879. The van der Waals surface area contributed by atoms with Crippen LogP contribution in [-0.2, 0) is 4.79 Å². The summed E-state index contributed by atoms with van der Waals surface area (Å²) >= 11 is 0. The molecule has 0 aromatic carbocycles. The molecule has 4 aliphatic rings. The van der Waals surface area contributed by atoms with Crippen molar-refractivity contribution in [3.8, 4) is 0 Å². The lowest BCUT2D eigenvalue weighted by Crippen LogP contribution is -2.53. The van der Waals surface area contributed by atoms with Crippen molar-refractivity contribution in [3.05, 3.63) is 60.8 Å². The molecule has 0 saturated carbocycles. The molecule has 2 aliphatic heterocycles. The largest absolute Gasteiger partial charge is 0.327 e. The van der Waals surface area contributed by atoms with Crippen LogP contribution in [0.15, 0.2) is 60.8 Å². The molecule has 3 nitrogen and oxygen atoms in total. The number of rotatable bonds is 0. The average Bonchev–Trinajstić information content (AvgIpc) is 2.64. The van der Waals surface area contributed by atoms with Gasteiger partial charge in [0.25, 0.3) is 0 Å². The topological polar surface area (TPSA) is 23.6 Å². The summed E-state index contributed by atoms with van der Waals surface area (Å²) in [6.45, 7) is 0. The predicted octanol–water partition coefficient (Wildman–Crippen LogP) is 2.06. The van der Waals surface area contributed by atoms with Gasteiger partial charge < -0.3 is 4.90 Å². The first-order chi connectivity index (χ1) is 10.3. The Morgan fingerprint density at radius 3 is 2.33 bits per heavy atom. The summed E-state index contributed by atoms with van der Waals surface area (Å²) in [5.74, 6) is 0.572. The second-order valence-electron chi connectivity index (χ2n) is 6.18. The highest BCUT2D eigenvalue weighted by Crippen LogP contribution is 2.36. The van der Waals surface area contributed by atoms with E-state index in [4.69, 9.17) is 0 Å². The van der Waals surface area contributed by atoms with Crippen LogP contribution in [0.2, 0.25) is 0 Å². The van der Waals surface area contributed by atoms with Crippen LogP contribution >= 0.6 is 0 Å². The quantitative estimate of drug-likeness (QED) is 0.634. The van der Waals surface area contributed by atoms with Crippen molar-refractivity contribution in [2.45, 2.75) is 30.6 Å². The minimum absolute atomic E-state index is 0.134. The highest BCUT2D eigenvalue weighted by molar-refractivity contribution is 5.80. The molecule has 5 unspecified atom stereocenters. The Balaban J connectivity index is 1.85. The summed E-state index contributed by atoms with van der Waals surface area (Å²) in [7, 11) is 2.18. The van der Waals surface area contributed by atoms with Crippen molar-refractivity contribution in [2.75, 3.05) is 7.05 Å². The number of likely N-dealkylation sites (N-methyl/N-ethyl adjacent to an activating group) is 1. The van der Waals surface area contributed by atoms with Gasteiger partial charge in [-0.25, -0.2) is 0 Å². The summed E-state index contributed by atoms with van der Waals surface area (Å²) in [6.07, 6.45) is 22.1. The highest BCUT2D eigenvalue weighted by Gasteiger charge is 2.46. The molecule has 2 aliphatic carbocycles. The van der Waals surface area contributed by atoms with Crippen LogP contribution in [0.4, 0.5) is 0 Å². The zero-order valence-electron chi connectivity index (χ0n) is 12.2. The van der Waals surface area contributed by atoms with Crippen LogP contribution in [0.1, 0.15) is 6.42 Å². The van der Waals surface area contributed by atoms with E-state index < -0.39 is 0 Å². The Kier molecular flexibility index (Phi) is 2.96. The van der Waals surface area contributed by atoms with Crippen molar-refractivity contribution in [2.24, 2.45) is 5.92 Å². The molecule has 0 aromatic rings. The van der Waals surface area contributed by atoms with Crippen LogP contribution in [0, 0.1) is 5.92 Å². The molecule has 0 bridgehead atoms. The minimum atomic E-state index is 0.134. The Labute approximate surface area is 125 Å². The van der Waals surface area contributed by atoms with Gasteiger partial charge in [-0.3, -0.25) is 9.69 Å². The zero-order chi connectivity index (χ0) is 14.4. The molecule has 3 heteroatoms. The fourth-order valence-corrected chi connectivity index (χ4v) is 4.10. The van der Waals surface area contributed by atoms with Gasteiger partial charge in [0.2, 0.25) is 5.91 Å². The lowest BCUT2D eigenvalue weighted by Gasteiger charge is -2.40. The first-order valence-corrected chi connectivity index (χ1v) is 7.67. The molecule has 1 saturated heterocycles. The van der Waals surface area contributed by atoms with Crippen molar-refractivity contribution >= 4 is 5.91 Å². The number of allylic oxidation sites excluding steroid dienone is 4. The number of carbonyl (C=O) groups excluding carboxylic acids is 1. The lowest BCUT2D eigenvalue weighted by atomic mass is 9.85. The van der Waals surface area contributed by atoms with E-state index in [2.05, 4.69) is 71.5 Å². The van der Waals surface area contributed by atoms with Crippen LogP contribution in [0.25, 0.3) is 0 Å². The monoisotopic (exact) mass is 280 g/mol. The number of fused-ring (bicyclic) bond motifs is 5. The number of nitrogens with zero attached hydrogens (tertiary/aromatic N) is 2. The normalized spacial score (nSPS) is 40.7. The highest BCUT2D eigenvalue weighted by atomic mass is 16.2. The van der Waals surface area contributed by atoms with E-state index >= 15 is 0 Å². The first kappa shape index (κ1) is 12.8. The van der Waals surface area contributed by atoms with Crippen molar-refractivity contribution < 1.29 is 4.79 Å². The van der Waals surface area contributed by atoms with Gasteiger partial charge in [0.05, 0.1) is 18.1 Å². The molecule has 5 atom stereocenters. The third-order valence-corrected chi connectivity index (χ3v) is 5.12. The summed E-state index contributed by atoms with van der Waals surface area (Å²) < 4.78 is 0. The minimum Gasteiger partial charge on any atom is -0.327 e. The average molecular weight is 280 g/mol. The molecule has 0 radical (unpaired) electrons. The van der Waals surface area contributed by atoms with Gasteiger partial charge in [-0.2, -0.15) is 0 Å². The molecule has 4 rings (SSSR count). The molecule has 0 aromatic heterocycles. The molecular weight excluding hydrogens is 260 g/mol. The lowest BCUT2D eigenvalue weighted by molar-refractivity contribution is -0.134. The van der Waals surface area contributed by atoms with Crippen molar-refractivity contribution in [3.63, 3.8) is 0 Å². The fraction of sp³-hybridized carbons (Fsp3) is 0.389. The maximum Gasteiger partial charge on any atom is 0.227 e. The standard InChI is InChI=1S/C18H20N2O/c1-19-14-8-3-2-7-13(14)15-11-6-12-18(21)20(15)17-10-5-4-9-16(17)19/h2-11,13-17H,12H2,1H3. The molecular formula is C18H20N2O. The third-order valence-electron chi connectivity index (χ3n) is 5.12. The van der Waals surface area contributed by atoms with Gasteiger partial charge in [-0.1, -0.05) is 60.8 Å². The van der Waals surface area contributed by atoms with Gasteiger partial charge in [-0.15, -0.1) is 0 Å². The number of amides is 1. The first-order valence-electron chi connectivity index (χ1n) is 7.67. The maximum absolute atomic E-state index is 12.6. The molecule has 0 N–H and O–H groups in total. The third kappa shape index (κ3) is 1.88. The smallest absolute Gasteiger partial charge is 0.227 e. The molecule has 0 spiro atoms. The molecule has 21 heavy (non-hydrogen) atoms. The predicted molar refractivity (Wildman–Crippen MR) is 83.6 cm³/mol. The van der Waals surface area contributed by atoms with Gasteiger partial charge in [-0.05, 0) is 7.05 Å². The van der Waals surface area contributed by atoms with E-state index in [1.54, 1.807) is 0 Å². The van der Waals surface area contributed by atoms with E-state index in [1.165, 1.54) is 0 Å². The van der Waals surface area contributed by atoms with Crippen LogP contribution in [-0.4, -0.2) is 46.9 Å². The number of carbonyl (C=O) groups is 1. The Hall–Kier alpha value is -1.87. The summed E-state index contributed by atoms with van der Waals surface area (Å²) in [5.41, 5.74) is 0. The number of hydrogen-bond donors (Lipinski definition) is 0. The molecule has 1 fully saturated rings. The zero-order valence-corrected chi connectivity index (χ0v) is 12.2. The molecule has 1 amide bonds. The second kappa shape index (κ2) is 4.85. The Bertz CT molecular complexity index is 598. The van der Waals surface area contributed by atoms with E-state index in [-0.39, 0.29) is 24.0 Å². The van der Waals surface area contributed by atoms with E-state index in [0.717, 1.165) is 0 Å². The van der Waals surface area contributed by atoms with E-state index in [9.17, 15) is 4.79 Å². The van der Waals surface area contributed by atoms with Crippen LogP contribution in [0.5, 0.6) is 0 Å². The van der Waals surface area contributed by atoms with Crippen LogP contribution in [0.3, 0.4) is 0 Å². The summed E-state index contributed by atoms with van der Waals surface area (Å²) in [4.78, 5) is 17.1. The fourth-order valence-electron chi connectivity index (χ4n) is 4.10. The van der Waals surface area contributed by atoms with Crippen molar-refractivity contribution in [1.82, 2.24) is 9.80 Å². The SMILES string of the molecule is CN1C2C=CC=CC2C2C=CCC(=O)N2C2C=CC=CC21. The van der Waals surface area contributed by atoms with Crippen LogP contribution < -0.4 is 0 Å². The van der Waals surface area contributed by atoms with Gasteiger partial charge in [0.1, 0.15) is 0 Å².